The van der Waals surface area contributed by atoms with Gasteiger partial charge >= 0.3 is 0 Å². The number of nitrogens with two attached hydrogens (primary N) is 1. The van der Waals surface area contributed by atoms with E-state index < -0.39 is 16.4 Å². The average molecular weight is 312 g/mol. The van der Waals surface area contributed by atoms with Gasteiger partial charge in [0.2, 0.25) is 0 Å². The Balaban J connectivity index is 2.08. The van der Waals surface area contributed by atoms with Crippen LogP contribution in [0, 0.1) is 10.1 Å². The SMILES string of the molecule is NC1(CNC(=O)c2ccc(Cl)cc2[N+](=O)[O-])CCCCC1. The predicted octanol–water partition coefficient (Wildman–Crippen LogP) is 2.64. The van der Waals surface area contributed by atoms with Gasteiger partial charge < -0.3 is 11.1 Å². The van der Waals surface area contributed by atoms with E-state index in [1.54, 1.807) is 0 Å². The Morgan fingerprint density at radius 3 is 2.67 bits per heavy atom. The van der Waals surface area contributed by atoms with Crippen molar-refractivity contribution in [1.82, 2.24) is 5.32 Å². The standard InChI is InChI=1S/C14H18ClN3O3/c15-10-4-5-11(12(8-10)18(20)21)13(19)17-9-14(16)6-2-1-3-7-14/h4-5,8H,1-3,6-7,9,16H2,(H,17,19). The Morgan fingerprint density at radius 1 is 1.38 bits per heavy atom. The molecule has 6 nitrogen and oxygen atoms in total. The molecule has 0 aliphatic heterocycles. The highest BCUT2D eigenvalue weighted by molar-refractivity contribution is 6.31. The molecular formula is C14H18ClN3O3. The Kier molecular flexibility index (Phi) is 4.80. The van der Waals surface area contributed by atoms with Crippen molar-refractivity contribution < 1.29 is 9.72 Å². The summed E-state index contributed by atoms with van der Waals surface area (Å²) in [4.78, 5) is 22.5. The number of benzene rings is 1. The van der Waals surface area contributed by atoms with Gasteiger partial charge in [0.1, 0.15) is 5.56 Å². The van der Waals surface area contributed by atoms with Crippen molar-refractivity contribution in [3.8, 4) is 0 Å². The summed E-state index contributed by atoms with van der Waals surface area (Å²) in [5.74, 6) is -0.492. The number of rotatable bonds is 4. The van der Waals surface area contributed by atoms with Crippen molar-refractivity contribution in [3.05, 3.63) is 38.9 Å². The predicted molar refractivity (Wildman–Crippen MR) is 80.4 cm³/mol. The van der Waals surface area contributed by atoms with Crippen molar-refractivity contribution >= 4 is 23.2 Å². The van der Waals surface area contributed by atoms with E-state index in [0.29, 0.717) is 6.54 Å². The van der Waals surface area contributed by atoms with Crippen LogP contribution in [0.25, 0.3) is 0 Å². The van der Waals surface area contributed by atoms with Crippen LogP contribution >= 0.6 is 11.6 Å². The second-order valence-electron chi connectivity index (χ2n) is 5.52. The molecule has 21 heavy (non-hydrogen) atoms. The summed E-state index contributed by atoms with van der Waals surface area (Å²) < 4.78 is 0. The molecule has 3 N–H and O–H groups in total. The van der Waals surface area contributed by atoms with Crippen molar-refractivity contribution in [3.63, 3.8) is 0 Å². The summed E-state index contributed by atoms with van der Waals surface area (Å²) in [5.41, 5.74) is 5.54. The van der Waals surface area contributed by atoms with Crippen LogP contribution in [0.5, 0.6) is 0 Å². The molecule has 114 valence electrons. The second-order valence-corrected chi connectivity index (χ2v) is 5.96. The molecule has 0 aromatic heterocycles. The summed E-state index contributed by atoms with van der Waals surface area (Å²) in [5, 5.41) is 13.9. The van der Waals surface area contributed by atoms with Gasteiger partial charge in [-0.3, -0.25) is 14.9 Å². The van der Waals surface area contributed by atoms with Gasteiger partial charge in [-0.2, -0.15) is 0 Å². The molecule has 0 atom stereocenters. The van der Waals surface area contributed by atoms with Crippen molar-refractivity contribution in [2.45, 2.75) is 37.6 Å². The molecule has 1 aliphatic rings. The maximum atomic E-state index is 12.2. The van der Waals surface area contributed by atoms with Crippen LogP contribution in [0.1, 0.15) is 42.5 Å². The first-order valence-electron chi connectivity index (χ1n) is 6.92. The van der Waals surface area contributed by atoms with E-state index in [0.717, 1.165) is 32.1 Å². The van der Waals surface area contributed by atoms with E-state index in [1.165, 1.54) is 18.2 Å². The number of nitrogens with zero attached hydrogens (tertiary/aromatic N) is 1. The average Bonchev–Trinajstić information content (AvgIpc) is 2.45. The third-order valence-electron chi connectivity index (χ3n) is 3.85. The van der Waals surface area contributed by atoms with Crippen molar-refractivity contribution in [2.24, 2.45) is 5.73 Å². The number of hydrogen-bond acceptors (Lipinski definition) is 4. The first-order valence-corrected chi connectivity index (χ1v) is 7.30. The Bertz CT molecular complexity index is 556. The largest absolute Gasteiger partial charge is 0.350 e. The number of amides is 1. The molecule has 1 aromatic carbocycles. The smallest absolute Gasteiger partial charge is 0.283 e. The van der Waals surface area contributed by atoms with E-state index in [4.69, 9.17) is 17.3 Å². The van der Waals surface area contributed by atoms with E-state index in [9.17, 15) is 14.9 Å². The van der Waals surface area contributed by atoms with Gasteiger partial charge in [-0.15, -0.1) is 0 Å². The molecule has 1 fully saturated rings. The van der Waals surface area contributed by atoms with Gasteiger partial charge in [-0.05, 0) is 25.0 Å². The molecule has 0 bridgehead atoms. The zero-order valence-corrected chi connectivity index (χ0v) is 12.4. The number of nitrogens with one attached hydrogen (secondary N) is 1. The number of carbonyl (C=O) groups is 1. The Labute approximate surface area is 127 Å². The van der Waals surface area contributed by atoms with Crippen LogP contribution in [-0.2, 0) is 0 Å². The summed E-state index contributed by atoms with van der Waals surface area (Å²) in [6.45, 7) is 0.325. The normalized spacial score (nSPS) is 17.2. The Hall–Kier alpha value is -1.66. The third kappa shape index (κ3) is 3.92. The molecule has 0 unspecified atom stereocenters. The number of nitro groups is 1. The monoisotopic (exact) mass is 311 g/mol. The molecule has 1 amide bonds. The van der Waals surface area contributed by atoms with Crippen LogP contribution in [0.2, 0.25) is 5.02 Å². The highest BCUT2D eigenvalue weighted by Crippen LogP contribution is 2.26. The molecule has 1 aliphatic carbocycles. The van der Waals surface area contributed by atoms with E-state index in [2.05, 4.69) is 5.32 Å². The first kappa shape index (κ1) is 15.7. The van der Waals surface area contributed by atoms with Crippen LogP contribution in [-0.4, -0.2) is 22.9 Å². The summed E-state index contributed by atoms with van der Waals surface area (Å²) >= 11 is 5.73. The molecular weight excluding hydrogens is 294 g/mol. The minimum atomic E-state index is -0.611. The fourth-order valence-electron chi connectivity index (χ4n) is 2.63. The Morgan fingerprint density at radius 2 is 2.05 bits per heavy atom. The van der Waals surface area contributed by atoms with Gasteiger partial charge in [-0.1, -0.05) is 30.9 Å². The van der Waals surface area contributed by atoms with Crippen molar-refractivity contribution in [2.75, 3.05) is 6.54 Å². The molecule has 1 saturated carbocycles. The molecule has 0 radical (unpaired) electrons. The lowest BCUT2D eigenvalue weighted by atomic mass is 9.82. The lowest BCUT2D eigenvalue weighted by molar-refractivity contribution is -0.385. The first-order chi connectivity index (χ1) is 9.91. The topological polar surface area (TPSA) is 98.3 Å². The lowest BCUT2D eigenvalue weighted by Crippen LogP contribution is -2.51. The van der Waals surface area contributed by atoms with E-state index in [1.807, 2.05) is 0 Å². The van der Waals surface area contributed by atoms with E-state index in [-0.39, 0.29) is 16.3 Å². The zero-order valence-electron chi connectivity index (χ0n) is 11.6. The quantitative estimate of drug-likeness (QED) is 0.659. The fourth-order valence-corrected chi connectivity index (χ4v) is 2.80. The van der Waals surface area contributed by atoms with Crippen LogP contribution < -0.4 is 11.1 Å². The van der Waals surface area contributed by atoms with Crippen molar-refractivity contribution in [1.29, 1.82) is 0 Å². The molecule has 2 rings (SSSR count). The molecule has 7 heteroatoms. The molecule has 1 aromatic rings. The number of nitro benzene ring substituents is 1. The van der Waals surface area contributed by atoms with Gasteiger partial charge in [0.25, 0.3) is 11.6 Å². The van der Waals surface area contributed by atoms with Gasteiger partial charge in [0.15, 0.2) is 0 Å². The summed E-state index contributed by atoms with van der Waals surface area (Å²) in [6.07, 6.45) is 4.97. The summed E-state index contributed by atoms with van der Waals surface area (Å²) in [7, 11) is 0. The lowest BCUT2D eigenvalue weighted by Gasteiger charge is -2.33. The molecule has 0 heterocycles. The van der Waals surface area contributed by atoms with Gasteiger partial charge in [-0.25, -0.2) is 0 Å². The minimum absolute atomic E-state index is 0.00353. The zero-order chi connectivity index (χ0) is 15.5. The van der Waals surface area contributed by atoms with Crippen LogP contribution in [0.3, 0.4) is 0 Å². The third-order valence-corrected chi connectivity index (χ3v) is 4.09. The summed E-state index contributed by atoms with van der Waals surface area (Å²) in [6, 6.07) is 4.00. The fraction of sp³-hybridized carbons (Fsp3) is 0.500. The van der Waals surface area contributed by atoms with Gasteiger partial charge in [0, 0.05) is 23.2 Å². The number of hydrogen-bond donors (Lipinski definition) is 2. The highest BCUT2D eigenvalue weighted by atomic mass is 35.5. The highest BCUT2D eigenvalue weighted by Gasteiger charge is 2.29. The second kappa shape index (κ2) is 6.41. The molecule has 0 saturated heterocycles. The number of halogens is 1. The maximum Gasteiger partial charge on any atom is 0.283 e. The van der Waals surface area contributed by atoms with Crippen LogP contribution in [0.4, 0.5) is 5.69 Å². The minimum Gasteiger partial charge on any atom is -0.350 e. The molecule has 0 spiro atoms. The van der Waals surface area contributed by atoms with Gasteiger partial charge in [0.05, 0.1) is 4.92 Å². The van der Waals surface area contributed by atoms with E-state index >= 15 is 0 Å². The number of carbonyl (C=O) groups excluding carboxylic acids is 1. The maximum absolute atomic E-state index is 12.2. The van der Waals surface area contributed by atoms with Crippen LogP contribution in [0.15, 0.2) is 18.2 Å².